The summed E-state index contributed by atoms with van der Waals surface area (Å²) in [4.78, 5) is 25.4. The molecule has 1 aliphatic rings. The highest BCUT2D eigenvalue weighted by Gasteiger charge is 2.53. The third kappa shape index (κ3) is 1.42. The van der Waals surface area contributed by atoms with Crippen LogP contribution in [-0.4, -0.2) is 18.6 Å². The fourth-order valence-electron chi connectivity index (χ4n) is 2.71. The van der Waals surface area contributed by atoms with E-state index in [4.69, 9.17) is 0 Å². The summed E-state index contributed by atoms with van der Waals surface area (Å²) in [6.45, 7) is 0. The first kappa shape index (κ1) is 11.8. The van der Waals surface area contributed by atoms with Gasteiger partial charge in [-0.05, 0) is 12.6 Å². The van der Waals surface area contributed by atoms with Gasteiger partial charge in [-0.1, -0.05) is 54.6 Å². The molecule has 0 amide bonds. The Kier molecular flexibility index (Phi) is 2.57. The maximum absolute atomic E-state index is 12.7. The second kappa shape index (κ2) is 4.14. The molecule has 0 aromatic heterocycles. The van der Waals surface area contributed by atoms with Gasteiger partial charge >= 0.3 is 0 Å². The van der Waals surface area contributed by atoms with Crippen molar-refractivity contribution in [1.82, 2.24) is 5.32 Å². The lowest BCUT2D eigenvalue weighted by atomic mass is 9.85. The molecule has 0 radical (unpaired) electrons. The van der Waals surface area contributed by atoms with Gasteiger partial charge in [0, 0.05) is 11.1 Å². The van der Waals surface area contributed by atoms with Crippen molar-refractivity contribution in [3.05, 3.63) is 71.3 Å². The monoisotopic (exact) mass is 251 g/mol. The Morgan fingerprint density at radius 3 is 1.74 bits per heavy atom. The quantitative estimate of drug-likeness (QED) is 0.832. The van der Waals surface area contributed by atoms with Crippen LogP contribution in [0, 0.1) is 0 Å². The highest BCUT2D eigenvalue weighted by molar-refractivity contribution is 6.32. The fraction of sp³-hybridized carbons (Fsp3) is 0.125. The zero-order valence-electron chi connectivity index (χ0n) is 10.5. The molecule has 0 atom stereocenters. The summed E-state index contributed by atoms with van der Waals surface area (Å²) in [5.41, 5.74) is 0.394. The van der Waals surface area contributed by atoms with Gasteiger partial charge in [-0.15, -0.1) is 0 Å². The van der Waals surface area contributed by atoms with Crippen LogP contribution in [-0.2, 0) is 5.54 Å². The van der Waals surface area contributed by atoms with Crippen molar-refractivity contribution in [1.29, 1.82) is 0 Å². The van der Waals surface area contributed by atoms with E-state index in [2.05, 4.69) is 5.32 Å². The lowest BCUT2D eigenvalue weighted by molar-refractivity contribution is 0.0764. The Bertz CT molecular complexity index is 626. The van der Waals surface area contributed by atoms with Gasteiger partial charge in [-0.3, -0.25) is 14.9 Å². The fourth-order valence-corrected chi connectivity index (χ4v) is 2.71. The molecule has 1 N–H and O–H groups in total. The number of Topliss-reactive ketones (excluding diaryl/α,β-unsaturated/α-hetero) is 2. The summed E-state index contributed by atoms with van der Waals surface area (Å²) in [6, 6.07) is 16.1. The number of nitrogens with one attached hydrogen (secondary N) is 1. The van der Waals surface area contributed by atoms with E-state index in [9.17, 15) is 9.59 Å². The van der Waals surface area contributed by atoms with Crippen molar-refractivity contribution in [3.63, 3.8) is 0 Å². The molecule has 2 aromatic rings. The Balaban J connectivity index is 2.26. The molecule has 3 rings (SSSR count). The van der Waals surface area contributed by atoms with E-state index in [1.807, 2.05) is 18.2 Å². The number of likely N-dealkylation sites (N-methyl/N-ethyl adjacent to an activating group) is 1. The largest absolute Gasteiger partial charge is 0.297 e. The van der Waals surface area contributed by atoms with Gasteiger partial charge in [0.05, 0.1) is 0 Å². The molecule has 0 heterocycles. The van der Waals surface area contributed by atoms with Crippen molar-refractivity contribution in [2.75, 3.05) is 7.05 Å². The SMILES string of the molecule is CNC1(c2ccccc2)C(=O)c2ccccc2C1=O. The van der Waals surface area contributed by atoms with Gasteiger partial charge in [0.15, 0.2) is 17.1 Å². The summed E-state index contributed by atoms with van der Waals surface area (Å²) in [6.07, 6.45) is 0. The first-order chi connectivity index (χ1) is 9.21. The van der Waals surface area contributed by atoms with Crippen LogP contribution in [0.4, 0.5) is 0 Å². The maximum atomic E-state index is 12.7. The Morgan fingerprint density at radius 1 is 0.789 bits per heavy atom. The van der Waals surface area contributed by atoms with Crippen LogP contribution < -0.4 is 5.32 Å². The molecule has 0 spiro atoms. The average Bonchev–Trinajstić information content (AvgIpc) is 2.70. The highest BCUT2D eigenvalue weighted by atomic mass is 16.2. The van der Waals surface area contributed by atoms with Crippen LogP contribution >= 0.6 is 0 Å². The molecule has 0 fully saturated rings. The Labute approximate surface area is 111 Å². The van der Waals surface area contributed by atoms with Crippen LogP contribution in [0.3, 0.4) is 0 Å². The summed E-state index contributed by atoms with van der Waals surface area (Å²) in [7, 11) is 1.65. The van der Waals surface area contributed by atoms with E-state index in [0.717, 1.165) is 0 Å². The number of fused-ring (bicyclic) bond motifs is 1. The molecule has 2 aromatic carbocycles. The van der Waals surface area contributed by atoms with E-state index < -0.39 is 5.54 Å². The van der Waals surface area contributed by atoms with Crippen LogP contribution in [0.25, 0.3) is 0 Å². The van der Waals surface area contributed by atoms with Gasteiger partial charge in [0.25, 0.3) is 0 Å². The van der Waals surface area contributed by atoms with Gasteiger partial charge in [0.2, 0.25) is 0 Å². The maximum Gasteiger partial charge on any atom is 0.196 e. The summed E-state index contributed by atoms with van der Waals surface area (Å²) >= 11 is 0. The van der Waals surface area contributed by atoms with Crippen molar-refractivity contribution >= 4 is 11.6 Å². The predicted molar refractivity (Wildman–Crippen MR) is 72.3 cm³/mol. The molecule has 0 unspecified atom stereocenters. The van der Waals surface area contributed by atoms with Crippen LogP contribution in [0.15, 0.2) is 54.6 Å². The lowest BCUT2D eigenvalue weighted by Gasteiger charge is -2.25. The lowest BCUT2D eigenvalue weighted by Crippen LogP contribution is -2.49. The molecule has 3 nitrogen and oxygen atoms in total. The van der Waals surface area contributed by atoms with Gasteiger partial charge in [0.1, 0.15) is 0 Å². The minimum absolute atomic E-state index is 0.179. The molecule has 19 heavy (non-hydrogen) atoms. The highest BCUT2D eigenvalue weighted by Crippen LogP contribution is 2.37. The second-order valence-corrected chi connectivity index (χ2v) is 4.57. The van der Waals surface area contributed by atoms with Crippen molar-refractivity contribution in [2.24, 2.45) is 0 Å². The van der Waals surface area contributed by atoms with Crippen molar-refractivity contribution in [2.45, 2.75) is 5.54 Å². The van der Waals surface area contributed by atoms with Crippen LogP contribution in [0.1, 0.15) is 26.3 Å². The summed E-state index contributed by atoms with van der Waals surface area (Å²) in [5, 5.41) is 2.94. The topological polar surface area (TPSA) is 46.2 Å². The van der Waals surface area contributed by atoms with E-state index in [1.165, 1.54) is 0 Å². The standard InChI is InChI=1S/C16H13NO2/c1-17-16(11-7-3-2-4-8-11)14(18)12-9-5-6-10-13(12)15(16)19/h2-10,17H,1H3. The number of hydrogen-bond acceptors (Lipinski definition) is 3. The van der Waals surface area contributed by atoms with Crippen molar-refractivity contribution < 1.29 is 9.59 Å². The number of benzene rings is 2. The number of carbonyl (C=O) groups is 2. The van der Waals surface area contributed by atoms with E-state index in [1.54, 1.807) is 43.4 Å². The minimum Gasteiger partial charge on any atom is -0.297 e. The molecule has 0 aliphatic heterocycles. The molecule has 0 saturated heterocycles. The second-order valence-electron chi connectivity index (χ2n) is 4.57. The number of carbonyl (C=O) groups excluding carboxylic acids is 2. The Hall–Kier alpha value is -2.26. The molecular formula is C16H13NO2. The number of hydrogen-bond donors (Lipinski definition) is 1. The van der Waals surface area contributed by atoms with E-state index in [-0.39, 0.29) is 11.6 Å². The first-order valence-corrected chi connectivity index (χ1v) is 6.15. The number of rotatable bonds is 2. The third-order valence-electron chi connectivity index (χ3n) is 3.68. The molecular weight excluding hydrogens is 238 g/mol. The zero-order valence-corrected chi connectivity index (χ0v) is 10.5. The molecule has 94 valence electrons. The average molecular weight is 251 g/mol. The first-order valence-electron chi connectivity index (χ1n) is 6.15. The minimum atomic E-state index is -1.27. The molecule has 0 saturated carbocycles. The summed E-state index contributed by atoms with van der Waals surface area (Å²) in [5.74, 6) is -0.358. The predicted octanol–water partition coefficient (Wildman–Crippen LogP) is 2.18. The van der Waals surface area contributed by atoms with Crippen molar-refractivity contribution in [3.8, 4) is 0 Å². The van der Waals surface area contributed by atoms with Gasteiger partial charge < -0.3 is 0 Å². The summed E-state index contributed by atoms with van der Waals surface area (Å²) < 4.78 is 0. The van der Waals surface area contributed by atoms with Crippen LogP contribution in [0.2, 0.25) is 0 Å². The molecule has 1 aliphatic carbocycles. The van der Waals surface area contributed by atoms with E-state index >= 15 is 0 Å². The van der Waals surface area contributed by atoms with Gasteiger partial charge in [-0.2, -0.15) is 0 Å². The Morgan fingerprint density at radius 2 is 1.26 bits per heavy atom. The van der Waals surface area contributed by atoms with Crippen LogP contribution in [0.5, 0.6) is 0 Å². The smallest absolute Gasteiger partial charge is 0.196 e. The number of ketones is 2. The molecule has 0 bridgehead atoms. The van der Waals surface area contributed by atoms with Gasteiger partial charge in [-0.25, -0.2) is 0 Å². The zero-order chi connectivity index (χ0) is 13.5. The third-order valence-corrected chi connectivity index (χ3v) is 3.68. The molecule has 3 heteroatoms. The van der Waals surface area contributed by atoms with E-state index in [0.29, 0.717) is 16.7 Å². The normalized spacial score (nSPS) is 16.5.